The second kappa shape index (κ2) is 9.44. The van der Waals surface area contributed by atoms with Gasteiger partial charge < -0.3 is 9.84 Å². The van der Waals surface area contributed by atoms with Crippen molar-refractivity contribution in [2.45, 2.75) is 92.8 Å². The molecule has 4 atom stereocenters. The first-order chi connectivity index (χ1) is 17.6. The highest BCUT2D eigenvalue weighted by atomic mass is 16.5. The molecule has 1 saturated carbocycles. The summed E-state index contributed by atoms with van der Waals surface area (Å²) in [5.41, 5.74) is -1.87. The van der Waals surface area contributed by atoms with Crippen LogP contribution in [0.25, 0.3) is 0 Å². The van der Waals surface area contributed by atoms with Crippen LogP contribution in [0.1, 0.15) is 91.4 Å². The number of ether oxygens (including phenoxy) is 1. The van der Waals surface area contributed by atoms with E-state index in [2.05, 4.69) is 33.8 Å². The van der Waals surface area contributed by atoms with Crippen LogP contribution < -0.4 is 0 Å². The van der Waals surface area contributed by atoms with E-state index < -0.39 is 39.5 Å². The zero-order chi connectivity index (χ0) is 28.3. The Morgan fingerprint density at radius 3 is 2.18 bits per heavy atom. The summed E-state index contributed by atoms with van der Waals surface area (Å²) in [5, 5.41) is 11.1. The highest BCUT2D eigenvalue weighted by molar-refractivity contribution is 6.35. The van der Waals surface area contributed by atoms with Crippen LogP contribution in [0.5, 0.6) is 0 Å². The molecule has 1 aromatic carbocycles. The molecule has 2 bridgehead atoms. The normalized spacial score (nSPS) is 29.9. The number of allylic oxidation sites excluding steroid dienone is 6. The fraction of sp³-hybridized carbons (Fsp3) is 0.545. The van der Waals surface area contributed by atoms with Crippen molar-refractivity contribution in [3.05, 3.63) is 70.5 Å². The molecule has 204 valence electrons. The number of fused-ring (bicyclic) bond motifs is 1. The van der Waals surface area contributed by atoms with Gasteiger partial charge >= 0.3 is 0 Å². The van der Waals surface area contributed by atoms with Gasteiger partial charge in [-0.1, -0.05) is 67.5 Å². The monoisotopic (exact) mass is 518 g/mol. The lowest BCUT2D eigenvalue weighted by Crippen LogP contribution is -2.65. The summed E-state index contributed by atoms with van der Waals surface area (Å²) in [6.07, 6.45) is 4.99. The van der Waals surface area contributed by atoms with Crippen molar-refractivity contribution in [3.8, 4) is 0 Å². The Labute approximate surface area is 227 Å². The van der Waals surface area contributed by atoms with Gasteiger partial charge in [0.2, 0.25) is 0 Å². The van der Waals surface area contributed by atoms with E-state index in [-0.39, 0.29) is 35.9 Å². The maximum atomic E-state index is 14.9. The van der Waals surface area contributed by atoms with E-state index >= 15 is 0 Å². The van der Waals surface area contributed by atoms with Crippen molar-refractivity contribution in [3.63, 3.8) is 0 Å². The maximum absolute atomic E-state index is 14.9. The van der Waals surface area contributed by atoms with Gasteiger partial charge in [0, 0.05) is 12.0 Å². The molecule has 1 aliphatic heterocycles. The lowest BCUT2D eigenvalue weighted by atomic mass is 9.40. The Morgan fingerprint density at radius 1 is 1.03 bits per heavy atom. The van der Waals surface area contributed by atoms with Crippen LogP contribution in [-0.4, -0.2) is 34.2 Å². The molecule has 4 rings (SSSR count). The Morgan fingerprint density at radius 2 is 1.63 bits per heavy atom. The molecule has 1 heterocycles. The van der Waals surface area contributed by atoms with Crippen LogP contribution in [-0.2, 0) is 14.3 Å². The molecule has 0 unspecified atom stereocenters. The molecule has 5 heteroatoms. The number of carbonyl (C=O) groups is 3. The molecule has 0 radical (unpaired) electrons. The van der Waals surface area contributed by atoms with Crippen LogP contribution in [0.4, 0.5) is 0 Å². The number of aliphatic hydroxyl groups is 1. The molecular weight excluding hydrogens is 476 g/mol. The molecule has 1 aromatic rings. The summed E-state index contributed by atoms with van der Waals surface area (Å²) in [7, 11) is 0. The van der Waals surface area contributed by atoms with Crippen LogP contribution in [0, 0.1) is 22.2 Å². The van der Waals surface area contributed by atoms with E-state index in [4.69, 9.17) is 4.74 Å². The average Bonchev–Trinajstić information content (AvgIpc) is 3.25. The number of hydrogen-bond donors (Lipinski definition) is 1. The van der Waals surface area contributed by atoms with E-state index in [1.165, 1.54) is 5.57 Å². The van der Waals surface area contributed by atoms with Crippen molar-refractivity contribution in [2.24, 2.45) is 22.2 Å². The van der Waals surface area contributed by atoms with Crippen molar-refractivity contribution < 1.29 is 24.2 Å². The first kappa shape index (κ1) is 28.2. The molecular formula is C33H42O5. The molecule has 0 aromatic heterocycles. The van der Waals surface area contributed by atoms with Gasteiger partial charge in [0.05, 0.1) is 16.4 Å². The summed E-state index contributed by atoms with van der Waals surface area (Å²) in [6.45, 7) is 15.5. The fourth-order valence-corrected chi connectivity index (χ4v) is 6.77. The summed E-state index contributed by atoms with van der Waals surface area (Å²) in [5.74, 6) is -0.838. The average molecular weight is 519 g/mol. The molecule has 38 heavy (non-hydrogen) atoms. The Bertz CT molecular complexity index is 1250. The fourth-order valence-electron chi connectivity index (χ4n) is 6.77. The molecule has 2 fully saturated rings. The van der Waals surface area contributed by atoms with Gasteiger partial charge in [-0.05, 0) is 72.1 Å². The molecule has 1 N–H and O–H groups in total. The molecule has 1 spiro atoms. The second-order valence-corrected chi connectivity index (χ2v) is 13.1. The first-order valence-electron chi connectivity index (χ1n) is 13.7. The predicted octanol–water partition coefficient (Wildman–Crippen LogP) is 6.57. The van der Waals surface area contributed by atoms with Crippen molar-refractivity contribution in [1.29, 1.82) is 0 Å². The summed E-state index contributed by atoms with van der Waals surface area (Å²) in [4.78, 5) is 43.5. The quantitative estimate of drug-likeness (QED) is 0.191. The standard InChI is InChI=1S/C33H42O5/c1-20(2)14-15-23-18-32(17-16-21(3)4)27(35)25(26(34)22-12-10-9-11-13-22)28-33(29(32)36,30(23,5)6)19-24(38-28)31(7,8)37/h9-14,16,23-24,37H,15,17-19H2,1-8H3/t23-,24-,32+,33-/m1/s1. The van der Waals surface area contributed by atoms with Crippen molar-refractivity contribution in [1.82, 2.24) is 0 Å². The van der Waals surface area contributed by atoms with Gasteiger partial charge in [0.25, 0.3) is 0 Å². The predicted molar refractivity (Wildman–Crippen MR) is 148 cm³/mol. The Balaban J connectivity index is 2.07. The number of Topliss-reactive ketones (excluding diaryl/α,β-unsaturated/α-hetero) is 3. The molecule has 2 aliphatic carbocycles. The largest absolute Gasteiger partial charge is 0.490 e. The lowest BCUT2D eigenvalue weighted by Gasteiger charge is -2.59. The Hall–Kier alpha value is -2.79. The molecule has 5 nitrogen and oxygen atoms in total. The van der Waals surface area contributed by atoms with Crippen LogP contribution in [0.15, 0.2) is 65.0 Å². The summed E-state index contributed by atoms with van der Waals surface area (Å²) in [6, 6.07) is 8.73. The number of hydrogen-bond acceptors (Lipinski definition) is 5. The highest BCUT2D eigenvalue weighted by Crippen LogP contribution is 2.70. The van der Waals surface area contributed by atoms with Gasteiger partial charge in [-0.3, -0.25) is 14.4 Å². The Kier molecular flexibility index (Phi) is 7.01. The number of rotatable bonds is 7. The van der Waals surface area contributed by atoms with E-state index in [9.17, 15) is 19.5 Å². The third-order valence-corrected chi connectivity index (χ3v) is 9.29. The molecule has 0 amide bonds. The van der Waals surface area contributed by atoms with Crippen molar-refractivity contribution >= 4 is 17.3 Å². The van der Waals surface area contributed by atoms with E-state index in [1.807, 2.05) is 26.0 Å². The zero-order valence-electron chi connectivity index (χ0n) is 24.1. The van der Waals surface area contributed by atoms with Crippen LogP contribution >= 0.6 is 0 Å². The number of benzene rings is 1. The van der Waals surface area contributed by atoms with Gasteiger partial charge in [-0.15, -0.1) is 0 Å². The summed E-state index contributed by atoms with van der Waals surface area (Å²) >= 11 is 0. The molecule has 1 saturated heterocycles. The second-order valence-electron chi connectivity index (χ2n) is 13.1. The SMILES string of the molecule is CC(C)=CC[C@@H]1C[C@@]2(CC=C(C)C)C(=O)C(C(=O)c3ccccc3)=C3O[C@@H](C(C)(C)O)C[C@@]3(C2=O)C1(C)C. The van der Waals surface area contributed by atoms with Crippen LogP contribution in [0.2, 0.25) is 0 Å². The smallest absolute Gasteiger partial charge is 0.200 e. The number of carbonyl (C=O) groups excluding carboxylic acids is 3. The van der Waals surface area contributed by atoms with E-state index in [0.29, 0.717) is 12.0 Å². The minimum Gasteiger partial charge on any atom is -0.490 e. The third-order valence-electron chi connectivity index (χ3n) is 9.29. The van der Waals surface area contributed by atoms with Gasteiger partial charge in [0.1, 0.15) is 17.4 Å². The highest BCUT2D eigenvalue weighted by Gasteiger charge is 2.75. The minimum atomic E-state index is -1.35. The van der Waals surface area contributed by atoms with Gasteiger partial charge in [-0.2, -0.15) is 0 Å². The first-order valence-corrected chi connectivity index (χ1v) is 13.7. The summed E-state index contributed by atoms with van der Waals surface area (Å²) < 4.78 is 6.42. The van der Waals surface area contributed by atoms with Crippen LogP contribution in [0.3, 0.4) is 0 Å². The number of ketones is 3. The zero-order valence-corrected chi connectivity index (χ0v) is 24.1. The van der Waals surface area contributed by atoms with E-state index in [0.717, 1.165) is 12.0 Å². The van der Waals surface area contributed by atoms with Gasteiger partial charge in [-0.25, -0.2) is 0 Å². The lowest BCUT2D eigenvalue weighted by molar-refractivity contribution is -0.166. The minimum absolute atomic E-state index is 0.00264. The van der Waals surface area contributed by atoms with Gasteiger partial charge in [0.15, 0.2) is 17.3 Å². The molecule has 3 aliphatic rings. The van der Waals surface area contributed by atoms with E-state index in [1.54, 1.807) is 38.1 Å². The topological polar surface area (TPSA) is 80.7 Å². The van der Waals surface area contributed by atoms with Crippen molar-refractivity contribution in [2.75, 3.05) is 0 Å². The third kappa shape index (κ3) is 4.14. The maximum Gasteiger partial charge on any atom is 0.200 e.